The summed E-state index contributed by atoms with van der Waals surface area (Å²) in [5, 5.41) is 9.57. The van der Waals surface area contributed by atoms with Crippen molar-refractivity contribution in [2.75, 3.05) is 6.54 Å². The molecule has 1 aliphatic rings. The standard InChI is InChI=1S/C21H23NO3/c1-21(20(24)25)13-8-14-22(21)19(23)15-18(16-9-4-2-5-10-16)17-11-6-3-7-12-17/h2-7,9-12,18H,8,13-15H2,1H3,(H,24,25). The molecule has 1 atom stereocenters. The molecule has 0 spiro atoms. The van der Waals surface area contributed by atoms with Crippen molar-refractivity contribution in [3.05, 3.63) is 71.8 Å². The average molecular weight is 337 g/mol. The van der Waals surface area contributed by atoms with Gasteiger partial charge >= 0.3 is 5.97 Å². The van der Waals surface area contributed by atoms with Crippen LogP contribution in [-0.2, 0) is 9.59 Å². The van der Waals surface area contributed by atoms with Gasteiger partial charge in [-0.3, -0.25) is 4.79 Å². The minimum absolute atomic E-state index is 0.0754. The number of carboxylic acids is 1. The number of carboxylic acid groups (broad SMARTS) is 1. The molecule has 4 heteroatoms. The Morgan fingerprint density at radius 3 is 2.04 bits per heavy atom. The van der Waals surface area contributed by atoms with Crippen LogP contribution in [0.5, 0.6) is 0 Å². The highest BCUT2D eigenvalue weighted by Gasteiger charge is 2.46. The van der Waals surface area contributed by atoms with Gasteiger partial charge in [0.15, 0.2) is 0 Å². The molecule has 2 aromatic rings. The summed E-state index contributed by atoms with van der Waals surface area (Å²) in [7, 11) is 0. The van der Waals surface area contributed by atoms with E-state index in [1.54, 1.807) is 11.8 Å². The summed E-state index contributed by atoms with van der Waals surface area (Å²) < 4.78 is 0. The SMILES string of the molecule is CC1(C(=O)O)CCCN1C(=O)CC(c1ccccc1)c1ccccc1. The van der Waals surface area contributed by atoms with Gasteiger partial charge in [0, 0.05) is 18.9 Å². The predicted molar refractivity (Wildman–Crippen MR) is 96.3 cm³/mol. The van der Waals surface area contributed by atoms with E-state index in [4.69, 9.17) is 0 Å². The monoisotopic (exact) mass is 337 g/mol. The first-order valence-electron chi connectivity index (χ1n) is 8.66. The molecule has 2 aromatic carbocycles. The van der Waals surface area contributed by atoms with Crippen LogP contribution < -0.4 is 0 Å². The largest absolute Gasteiger partial charge is 0.480 e. The smallest absolute Gasteiger partial charge is 0.329 e. The number of likely N-dealkylation sites (tertiary alicyclic amines) is 1. The number of aliphatic carboxylic acids is 1. The summed E-state index contributed by atoms with van der Waals surface area (Å²) in [6.45, 7) is 2.16. The third-order valence-electron chi connectivity index (χ3n) is 5.19. The van der Waals surface area contributed by atoms with Crippen LogP contribution in [0.4, 0.5) is 0 Å². The second-order valence-electron chi connectivity index (χ2n) is 6.81. The van der Waals surface area contributed by atoms with E-state index in [-0.39, 0.29) is 18.2 Å². The Bertz CT molecular complexity index is 705. The third-order valence-corrected chi connectivity index (χ3v) is 5.19. The number of amides is 1. The van der Waals surface area contributed by atoms with Crippen molar-refractivity contribution in [1.29, 1.82) is 0 Å². The van der Waals surface area contributed by atoms with Crippen LogP contribution in [0.2, 0.25) is 0 Å². The molecule has 1 fully saturated rings. The summed E-state index contributed by atoms with van der Waals surface area (Å²) in [4.78, 5) is 26.2. The van der Waals surface area contributed by atoms with Gasteiger partial charge in [-0.15, -0.1) is 0 Å². The van der Waals surface area contributed by atoms with Gasteiger partial charge in [0.1, 0.15) is 5.54 Å². The maximum absolute atomic E-state index is 13.0. The average Bonchev–Trinajstić information content (AvgIpc) is 3.04. The van der Waals surface area contributed by atoms with E-state index in [2.05, 4.69) is 0 Å². The van der Waals surface area contributed by atoms with Crippen molar-refractivity contribution in [1.82, 2.24) is 4.90 Å². The van der Waals surface area contributed by atoms with Gasteiger partial charge in [-0.25, -0.2) is 4.79 Å². The van der Waals surface area contributed by atoms with Gasteiger partial charge in [0.2, 0.25) is 5.91 Å². The van der Waals surface area contributed by atoms with Crippen LogP contribution in [-0.4, -0.2) is 34.0 Å². The zero-order valence-electron chi connectivity index (χ0n) is 14.4. The van der Waals surface area contributed by atoms with Crippen molar-refractivity contribution in [2.45, 2.75) is 37.6 Å². The van der Waals surface area contributed by atoms with Crippen LogP contribution in [0.15, 0.2) is 60.7 Å². The summed E-state index contributed by atoms with van der Waals surface area (Å²) in [6.07, 6.45) is 1.52. The molecule has 1 unspecified atom stereocenters. The fraction of sp³-hybridized carbons (Fsp3) is 0.333. The van der Waals surface area contributed by atoms with Crippen LogP contribution in [0.1, 0.15) is 43.2 Å². The molecule has 0 radical (unpaired) electrons. The van der Waals surface area contributed by atoms with Crippen LogP contribution in [0, 0.1) is 0 Å². The van der Waals surface area contributed by atoms with E-state index in [9.17, 15) is 14.7 Å². The Balaban J connectivity index is 1.88. The lowest BCUT2D eigenvalue weighted by molar-refractivity contribution is -0.155. The van der Waals surface area contributed by atoms with Gasteiger partial charge in [0.05, 0.1) is 0 Å². The quantitative estimate of drug-likeness (QED) is 0.905. The molecule has 3 rings (SSSR count). The minimum Gasteiger partial charge on any atom is -0.480 e. The van der Waals surface area contributed by atoms with Crippen molar-refractivity contribution in [2.24, 2.45) is 0 Å². The van der Waals surface area contributed by atoms with Crippen molar-refractivity contribution in [3.8, 4) is 0 Å². The zero-order valence-corrected chi connectivity index (χ0v) is 14.4. The minimum atomic E-state index is -1.09. The first-order chi connectivity index (χ1) is 12.0. The van der Waals surface area contributed by atoms with Gasteiger partial charge in [-0.2, -0.15) is 0 Å². The lowest BCUT2D eigenvalue weighted by Crippen LogP contribution is -2.51. The number of carbonyl (C=O) groups is 2. The summed E-state index contributed by atoms with van der Waals surface area (Å²) in [5.41, 5.74) is 1.05. The summed E-state index contributed by atoms with van der Waals surface area (Å²) in [6, 6.07) is 19.8. The molecule has 1 N–H and O–H groups in total. The first-order valence-corrected chi connectivity index (χ1v) is 8.66. The summed E-state index contributed by atoms with van der Waals surface area (Å²) >= 11 is 0. The fourth-order valence-corrected chi connectivity index (χ4v) is 3.67. The fourth-order valence-electron chi connectivity index (χ4n) is 3.67. The van der Waals surface area contributed by atoms with Gasteiger partial charge in [0.25, 0.3) is 0 Å². The maximum atomic E-state index is 13.0. The second-order valence-corrected chi connectivity index (χ2v) is 6.81. The molecule has 1 heterocycles. The second kappa shape index (κ2) is 7.09. The topological polar surface area (TPSA) is 57.6 Å². The number of rotatable bonds is 5. The molecule has 1 amide bonds. The molecular formula is C21H23NO3. The Labute approximate surface area is 148 Å². The Kier molecular flexibility index (Phi) is 4.88. The third kappa shape index (κ3) is 3.43. The Hall–Kier alpha value is -2.62. The zero-order chi connectivity index (χ0) is 17.9. The van der Waals surface area contributed by atoms with Crippen LogP contribution >= 0.6 is 0 Å². The molecule has 0 bridgehead atoms. The maximum Gasteiger partial charge on any atom is 0.329 e. The van der Waals surface area contributed by atoms with Crippen LogP contribution in [0.3, 0.4) is 0 Å². The van der Waals surface area contributed by atoms with E-state index in [0.29, 0.717) is 13.0 Å². The molecule has 0 aromatic heterocycles. The van der Waals surface area contributed by atoms with Gasteiger partial charge in [-0.1, -0.05) is 60.7 Å². The molecule has 0 aliphatic carbocycles. The highest BCUT2D eigenvalue weighted by atomic mass is 16.4. The predicted octanol–water partition coefficient (Wildman–Crippen LogP) is 3.67. The van der Waals surface area contributed by atoms with E-state index < -0.39 is 11.5 Å². The normalized spacial score (nSPS) is 20.0. The number of hydrogen-bond acceptors (Lipinski definition) is 2. The van der Waals surface area contributed by atoms with Crippen molar-refractivity contribution >= 4 is 11.9 Å². The highest BCUT2D eigenvalue weighted by molar-refractivity contribution is 5.88. The Morgan fingerprint density at radius 1 is 1.04 bits per heavy atom. The summed E-state index contributed by atoms with van der Waals surface area (Å²) in [5.74, 6) is -1.09. The first kappa shape index (κ1) is 17.2. The van der Waals surface area contributed by atoms with Crippen LogP contribution in [0.25, 0.3) is 0 Å². The molecule has 130 valence electrons. The van der Waals surface area contributed by atoms with E-state index in [0.717, 1.165) is 17.5 Å². The lowest BCUT2D eigenvalue weighted by atomic mass is 9.87. The molecule has 25 heavy (non-hydrogen) atoms. The van der Waals surface area contributed by atoms with Gasteiger partial charge in [-0.05, 0) is 30.9 Å². The molecule has 1 aliphatic heterocycles. The van der Waals surface area contributed by atoms with E-state index in [1.165, 1.54) is 0 Å². The molecular weight excluding hydrogens is 314 g/mol. The molecule has 1 saturated heterocycles. The molecule has 4 nitrogen and oxygen atoms in total. The van der Waals surface area contributed by atoms with Crippen molar-refractivity contribution in [3.63, 3.8) is 0 Å². The highest BCUT2D eigenvalue weighted by Crippen LogP contribution is 2.34. The van der Waals surface area contributed by atoms with E-state index in [1.807, 2.05) is 60.7 Å². The Morgan fingerprint density at radius 2 is 1.56 bits per heavy atom. The van der Waals surface area contributed by atoms with Gasteiger partial charge < -0.3 is 10.0 Å². The number of nitrogens with zero attached hydrogens (tertiary/aromatic N) is 1. The lowest BCUT2D eigenvalue weighted by Gasteiger charge is -2.32. The van der Waals surface area contributed by atoms with E-state index >= 15 is 0 Å². The number of hydrogen-bond donors (Lipinski definition) is 1. The number of carbonyl (C=O) groups excluding carboxylic acids is 1. The van der Waals surface area contributed by atoms with Crippen molar-refractivity contribution < 1.29 is 14.7 Å². The number of benzene rings is 2. The molecule has 0 saturated carbocycles.